The van der Waals surface area contributed by atoms with Crippen LogP contribution in [0.1, 0.15) is 29.2 Å². The second-order valence-electron chi connectivity index (χ2n) is 5.40. The molecule has 6 heteroatoms. The average Bonchev–Trinajstić information content (AvgIpc) is 2.73. The molecule has 0 saturated carbocycles. The molecule has 1 saturated heterocycles. The fourth-order valence-electron chi connectivity index (χ4n) is 2.98. The van der Waals surface area contributed by atoms with Gasteiger partial charge in [-0.15, -0.1) is 0 Å². The number of likely N-dealkylation sites (tertiary alicyclic amines) is 1. The van der Waals surface area contributed by atoms with Crippen LogP contribution in [0.25, 0.3) is 11.0 Å². The van der Waals surface area contributed by atoms with Crippen LogP contribution in [0.4, 0.5) is 0 Å². The van der Waals surface area contributed by atoms with Gasteiger partial charge in [-0.3, -0.25) is 4.57 Å². The first kappa shape index (κ1) is 12.9. The third-order valence-electron chi connectivity index (χ3n) is 3.93. The number of aromatic amines is 1. The number of carboxylic acids is 1. The number of hydrogen-bond donors (Lipinski definition) is 2. The summed E-state index contributed by atoms with van der Waals surface area (Å²) in [4.78, 5) is 28.1. The van der Waals surface area contributed by atoms with E-state index in [2.05, 4.69) is 16.9 Å². The third kappa shape index (κ3) is 2.12. The van der Waals surface area contributed by atoms with E-state index in [-0.39, 0.29) is 17.3 Å². The van der Waals surface area contributed by atoms with E-state index in [0.29, 0.717) is 5.52 Å². The number of carboxylic acid groups (broad SMARTS) is 1. The minimum atomic E-state index is -0.988. The minimum Gasteiger partial charge on any atom is -0.478 e. The van der Waals surface area contributed by atoms with Gasteiger partial charge in [0.25, 0.3) is 0 Å². The summed E-state index contributed by atoms with van der Waals surface area (Å²) in [6, 6.07) is 4.92. The number of aromatic nitrogens is 2. The fraction of sp³-hybridized carbons (Fsp3) is 0.429. The third-order valence-corrected chi connectivity index (χ3v) is 3.93. The van der Waals surface area contributed by atoms with Crippen molar-refractivity contribution in [3.05, 3.63) is 34.2 Å². The van der Waals surface area contributed by atoms with E-state index in [9.17, 15) is 9.59 Å². The van der Waals surface area contributed by atoms with Crippen molar-refractivity contribution in [2.45, 2.75) is 18.9 Å². The van der Waals surface area contributed by atoms with Gasteiger partial charge in [-0.25, -0.2) is 9.59 Å². The molecule has 0 aliphatic carbocycles. The Labute approximate surface area is 115 Å². The van der Waals surface area contributed by atoms with Crippen molar-refractivity contribution in [3.63, 3.8) is 0 Å². The van der Waals surface area contributed by atoms with Crippen LogP contribution >= 0.6 is 0 Å². The molecular formula is C14H17N3O3. The molecule has 2 aromatic rings. The van der Waals surface area contributed by atoms with Gasteiger partial charge in [0.15, 0.2) is 0 Å². The molecule has 6 nitrogen and oxygen atoms in total. The quantitative estimate of drug-likeness (QED) is 0.865. The lowest BCUT2D eigenvalue weighted by Crippen LogP contribution is -2.36. The molecule has 0 amide bonds. The van der Waals surface area contributed by atoms with Gasteiger partial charge in [0.2, 0.25) is 0 Å². The van der Waals surface area contributed by atoms with Crippen LogP contribution in [0.15, 0.2) is 23.0 Å². The summed E-state index contributed by atoms with van der Waals surface area (Å²) < 4.78 is 1.76. The van der Waals surface area contributed by atoms with Crippen molar-refractivity contribution < 1.29 is 9.90 Å². The number of piperidine rings is 1. The van der Waals surface area contributed by atoms with Crippen molar-refractivity contribution in [1.82, 2.24) is 14.5 Å². The number of likely N-dealkylation sites (N-methyl/N-ethyl adjacent to an activating group) is 1. The predicted octanol–water partition coefficient (Wildman–Crippen LogP) is 1.29. The average molecular weight is 275 g/mol. The van der Waals surface area contributed by atoms with Crippen molar-refractivity contribution in [2.24, 2.45) is 0 Å². The van der Waals surface area contributed by atoms with Crippen molar-refractivity contribution in [3.8, 4) is 0 Å². The lowest BCUT2D eigenvalue weighted by atomic mass is 10.1. The zero-order chi connectivity index (χ0) is 14.3. The second kappa shape index (κ2) is 4.79. The zero-order valence-corrected chi connectivity index (χ0v) is 11.3. The van der Waals surface area contributed by atoms with Crippen LogP contribution in [0.3, 0.4) is 0 Å². The molecule has 2 N–H and O–H groups in total. The summed E-state index contributed by atoms with van der Waals surface area (Å²) in [5.74, 6) is -0.988. The lowest BCUT2D eigenvalue weighted by Gasteiger charge is -2.30. The smallest absolute Gasteiger partial charge is 0.335 e. The Bertz CT molecular complexity index is 716. The molecule has 1 aliphatic rings. The van der Waals surface area contributed by atoms with Gasteiger partial charge in [0.1, 0.15) is 0 Å². The maximum absolute atomic E-state index is 12.2. The van der Waals surface area contributed by atoms with Gasteiger partial charge in [-0.2, -0.15) is 0 Å². The molecule has 1 aromatic carbocycles. The number of aromatic carboxylic acids is 1. The number of fused-ring (bicyclic) bond motifs is 1. The highest BCUT2D eigenvalue weighted by molar-refractivity contribution is 5.92. The molecule has 1 fully saturated rings. The number of nitrogens with zero attached hydrogens (tertiary/aromatic N) is 2. The maximum Gasteiger partial charge on any atom is 0.335 e. The number of carbonyl (C=O) groups is 1. The van der Waals surface area contributed by atoms with Crippen molar-refractivity contribution >= 4 is 17.0 Å². The molecule has 1 atom stereocenters. The van der Waals surface area contributed by atoms with Crippen LogP contribution in [0, 0.1) is 0 Å². The number of nitrogens with one attached hydrogen (secondary N) is 1. The van der Waals surface area contributed by atoms with E-state index in [1.165, 1.54) is 6.07 Å². The number of benzene rings is 1. The highest BCUT2D eigenvalue weighted by Crippen LogP contribution is 2.23. The van der Waals surface area contributed by atoms with Crippen LogP contribution in [-0.4, -0.2) is 45.7 Å². The second-order valence-corrected chi connectivity index (χ2v) is 5.40. The Morgan fingerprint density at radius 3 is 2.95 bits per heavy atom. The summed E-state index contributed by atoms with van der Waals surface area (Å²) in [7, 11) is 2.05. The molecular weight excluding hydrogens is 258 g/mol. The summed E-state index contributed by atoms with van der Waals surface area (Å²) in [5.41, 5.74) is 1.39. The number of H-pyrrole nitrogens is 1. The molecule has 1 aliphatic heterocycles. The van der Waals surface area contributed by atoms with Crippen LogP contribution < -0.4 is 5.69 Å². The van der Waals surface area contributed by atoms with Gasteiger partial charge in [-0.05, 0) is 44.6 Å². The molecule has 1 unspecified atom stereocenters. The highest BCUT2D eigenvalue weighted by Gasteiger charge is 2.22. The van der Waals surface area contributed by atoms with Gasteiger partial charge >= 0.3 is 11.7 Å². The number of imidazole rings is 1. The molecule has 3 rings (SSSR count). The molecule has 0 bridgehead atoms. The van der Waals surface area contributed by atoms with Crippen molar-refractivity contribution in [1.29, 1.82) is 0 Å². The molecule has 106 valence electrons. The zero-order valence-electron chi connectivity index (χ0n) is 11.3. The Morgan fingerprint density at radius 2 is 2.25 bits per heavy atom. The van der Waals surface area contributed by atoms with Gasteiger partial charge in [0, 0.05) is 6.54 Å². The first-order valence-corrected chi connectivity index (χ1v) is 6.72. The van der Waals surface area contributed by atoms with E-state index in [0.717, 1.165) is 31.4 Å². The van der Waals surface area contributed by atoms with Gasteiger partial charge < -0.3 is 15.0 Å². The molecule has 2 heterocycles. The van der Waals surface area contributed by atoms with Crippen LogP contribution in [0.5, 0.6) is 0 Å². The highest BCUT2D eigenvalue weighted by atomic mass is 16.4. The Morgan fingerprint density at radius 1 is 1.45 bits per heavy atom. The lowest BCUT2D eigenvalue weighted by molar-refractivity contribution is 0.0697. The normalized spacial score (nSPS) is 20.4. The first-order chi connectivity index (χ1) is 9.56. The summed E-state index contributed by atoms with van der Waals surface area (Å²) >= 11 is 0. The maximum atomic E-state index is 12.2. The summed E-state index contributed by atoms with van der Waals surface area (Å²) in [6.07, 6.45) is 2.03. The predicted molar refractivity (Wildman–Crippen MR) is 75.3 cm³/mol. The number of hydrogen-bond acceptors (Lipinski definition) is 3. The standard InChI is InChI=1S/C14H17N3O3/c1-16-6-2-3-10(8-16)17-12-5-4-9(13(18)19)7-11(12)15-14(17)20/h4-5,7,10H,2-3,6,8H2,1H3,(H,15,20)(H,18,19). The van der Waals surface area contributed by atoms with E-state index >= 15 is 0 Å². The fourth-order valence-corrected chi connectivity index (χ4v) is 2.98. The van der Waals surface area contributed by atoms with Crippen LogP contribution in [-0.2, 0) is 0 Å². The van der Waals surface area contributed by atoms with Gasteiger partial charge in [0.05, 0.1) is 22.6 Å². The Hall–Kier alpha value is -2.08. The first-order valence-electron chi connectivity index (χ1n) is 6.72. The molecule has 0 spiro atoms. The van der Waals surface area contributed by atoms with E-state index in [1.807, 2.05) is 0 Å². The van der Waals surface area contributed by atoms with Crippen LogP contribution in [0.2, 0.25) is 0 Å². The Kier molecular flexibility index (Phi) is 3.10. The SMILES string of the molecule is CN1CCCC(n2c(=O)[nH]c3cc(C(=O)O)ccc32)C1. The number of rotatable bonds is 2. The van der Waals surface area contributed by atoms with E-state index in [4.69, 9.17) is 5.11 Å². The monoisotopic (exact) mass is 275 g/mol. The molecule has 1 aromatic heterocycles. The molecule has 0 radical (unpaired) electrons. The largest absolute Gasteiger partial charge is 0.478 e. The molecule has 20 heavy (non-hydrogen) atoms. The topological polar surface area (TPSA) is 78.3 Å². The van der Waals surface area contributed by atoms with E-state index in [1.54, 1.807) is 16.7 Å². The van der Waals surface area contributed by atoms with Crippen molar-refractivity contribution in [2.75, 3.05) is 20.1 Å². The Balaban J connectivity index is 2.09. The van der Waals surface area contributed by atoms with Gasteiger partial charge in [-0.1, -0.05) is 0 Å². The summed E-state index contributed by atoms with van der Waals surface area (Å²) in [6.45, 7) is 1.89. The summed E-state index contributed by atoms with van der Waals surface area (Å²) in [5, 5.41) is 9.00. The minimum absolute atomic E-state index is 0.144. The van der Waals surface area contributed by atoms with E-state index < -0.39 is 5.97 Å².